The second-order valence-corrected chi connectivity index (χ2v) is 18.1. The Labute approximate surface area is 348 Å². The summed E-state index contributed by atoms with van der Waals surface area (Å²) in [6, 6.07) is 17.6. The summed E-state index contributed by atoms with van der Waals surface area (Å²) in [5.41, 5.74) is 6.67. The lowest BCUT2D eigenvalue weighted by molar-refractivity contribution is -0.577. The molecule has 4 heterocycles. The molecule has 4 aliphatic heterocycles. The lowest BCUT2D eigenvalue weighted by Gasteiger charge is -2.60. The first-order chi connectivity index (χ1) is 26.9. The number of methoxy groups -OCH3 is 1. The maximum Gasteiger partial charge on any atom is 0.201 e. The molecule has 3 aromatic carbocycles. The summed E-state index contributed by atoms with van der Waals surface area (Å²) in [7, 11) is 1.70. The number of ether oxygens (including phenoxy) is 3. The van der Waals surface area contributed by atoms with E-state index in [0.29, 0.717) is 39.4 Å². The zero-order chi connectivity index (χ0) is 39.8. The van der Waals surface area contributed by atoms with Crippen LogP contribution < -0.4 is 0 Å². The Morgan fingerprint density at radius 3 is 2.25 bits per heavy atom. The van der Waals surface area contributed by atoms with Crippen LogP contribution in [0, 0.1) is 23.7 Å². The van der Waals surface area contributed by atoms with Crippen molar-refractivity contribution in [1.29, 1.82) is 0 Å². The molecule has 2 bridgehead atoms. The Hall–Kier alpha value is -2.01. The topological polar surface area (TPSA) is 69.6 Å². The molecule has 7 nitrogen and oxygen atoms in total. The van der Waals surface area contributed by atoms with Crippen molar-refractivity contribution >= 4 is 46.5 Å². The number of rotatable bonds is 11. The van der Waals surface area contributed by atoms with E-state index in [9.17, 15) is 5.11 Å². The van der Waals surface area contributed by atoms with Gasteiger partial charge in [-0.1, -0.05) is 93.5 Å². The van der Waals surface area contributed by atoms with Crippen molar-refractivity contribution in [2.75, 3.05) is 26.7 Å². The highest BCUT2D eigenvalue weighted by Gasteiger charge is 2.69. The maximum atomic E-state index is 11.5. The second kappa shape index (κ2) is 17.7. The number of aliphatic hydroxyl groups excluding tert-OH is 1. The number of unbranched alkanes of at least 4 members (excludes halogenated alkanes) is 2. The number of hydrogen-bond acceptors (Lipinski definition) is 7. The van der Waals surface area contributed by atoms with Crippen molar-refractivity contribution in [2.45, 2.75) is 116 Å². The summed E-state index contributed by atoms with van der Waals surface area (Å²) >= 11 is 19.2. The van der Waals surface area contributed by atoms with Gasteiger partial charge in [0.05, 0.1) is 6.10 Å². The number of benzene rings is 3. The average Bonchev–Trinajstić information content (AvgIpc) is 3.28. The normalized spacial score (nSPS) is 31.3. The molecular formula is C46H58Cl3NO6. The van der Waals surface area contributed by atoms with Crippen LogP contribution >= 0.6 is 34.8 Å². The van der Waals surface area contributed by atoms with Gasteiger partial charge in [0.2, 0.25) is 5.79 Å². The zero-order valence-electron chi connectivity index (χ0n) is 33.7. The Bertz CT molecular complexity index is 1860. The minimum Gasteiger partial charge on any atom is -0.387 e. The first-order valence-electron chi connectivity index (χ1n) is 20.7. The van der Waals surface area contributed by atoms with Crippen molar-refractivity contribution in [3.05, 3.63) is 91.9 Å². The number of halogens is 3. The Kier molecular flexibility index (Phi) is 13.3. The van der Waals surface area contributed by atoms with E-state index < -0.39 is 23.8 Å². The molecular weight excluding hydrogens is 769 g/mol. The van der Waals surface area contributed by atoms with E-state index in [4.69, 9.17) is 58.8 Å². The summed E-state index contributed by atoms with van der Waals surface area (Å²) in [6.45, 7) is 13.4. The van der Waals surface area contributed by atoms with Crippen LogP contribution in [0.2, 0.25) is 15.1 Å². The van der Waals surface area contributed by atoms with Gasteiger partial charge in [0, 0.05) is 47.0 Å². The molecule has 9 rings (SSSR count). The average molecular weight is 827 g/mol. The van der Waals surface area contributed by atoms with Crippen LogP contribution in [0.25, 0.3) is 22.8 Å². The van der Waals surface area contributed by atoms with E-state index in [-0.39, 0.29) is 12.2 Å². The molecule has 9 atom stereocenters. The van der Waals surface area contributed by atoms with Gasteiger partial charge in [0.1, 0.15) is 0 Å². The molecule has 4 saturated heterocycles. The third kappa shape index (κ3) is 8.25. The summed E-state index contributed by atoms with van der Waals surface area (Å²) in [4.78, 5) is 14.2. The Balaban J connectivity index is 0.000000193. The first-order valence-corrected chi connectivity index (χ1v) is 21.8. The van der Waals surface area contributed by atoms with E-state index in [1.807, 2.05) is 55.5 Å². The van der Waals surface area contributed by atoms with Gasteiger partial charge < -0.3 is 24.2 Å². The molecule has 304 valence electrons. The first kappa shape index (κ1) is 42.1. The molecule has 6 aliphatic rings. The van der Waals surface area contributed by atoms with Crippen molar-refractivity contribution in [1.82, 2.24) is 4.90 Å². The fourth-order valence-electron chi connectivity index (χ4n) is 9.93. The molecule has 2 aliphatic carbocycles. The highest BCUT2D eigenvalue weighted by Crippen LogP contribution is 2.60. The third-order valence-electron chi connectivity index (χ3n) is 12.9. The van der Waals surface area contributed by atoms with Crippen LogP contribution in [0.3, 0.4) is 0 Å². The second-order valence-electron chi connectivity index (χ2n) is 16.7. The fourth-order valence-corrected chi connectivity index (χ4v) is 10.5. The number of aliphatic hydroxyl groups is 1. The SMILES string of the molecule is CCCCN(CCCC)CC(O)c1cc(Cl)cc2c1-c1ccc(Cl)cc1/C2=C/c1ccc(Cl)cc1.CO[C@H]1O[C@@H]2O[C@]3(C)CC[C@H]4[C@H](C)CC[C@@H]([C@H]1C)C24OO3. The lowest BCUT2D eigenvalue weighted by atomic mass is 9.58. The Morgan fingerprint density at radius 2 is 1.55 bits per heavy atom. The van der Waals surface area contributed by atoms with Crippen LogP contribution in [0.5, 0.6) is 0 Å². The van der Waals surface area contributed by atoms with Gasteiger partial charge in [0.25, 0.3) is 0 Å². The minimum atomic E-state index is -0.698. The molecule has 2 unspecified atom stereocenters. The predicted octanol–water partition coefficient (Wildman–Crippen LogP) is 12.0. The van der Waals surface area contributed by atoms with Crippen molar-refractivity contribution in [3.8, 4) is 11.1 Å². The van der Waals surface area contributed by atoms with Crippen LogP contribution in [-0.2, 0) is 24.0 Å². The van der Waals surface area contributed by atoms with E-state index in [1.54, 1.807) is 7.11 Å². The van der Waals surface area contributed by atoms with E-state index >= 15 is 0 Å². The molecule has 1 N–H and O–H groups in total. The van der Waals surface area contributed by atoms with Gasteiger partial charge in [-0.25, -0.2) is 9.78 Å². The van der Waals surface area contributed by atoms with Crippen LogP contribution in [0.15, 0.2) is 54.6 Å². The minimum absolute atomic E-state index is 0.230. The summed E-state index contributed by atoms with van der Waals surface area (Å²) in [6.07, 6.45) is 9.65. The maximum absolute atomic E-state index is 11.5. The Morgan fingerprint density at radius 1 is 0.857 bits per heavy atom. The third-order valence-corrected chi connectivity index (χ3v) is 13.6. The van der Waals surface area contributed by atoms with Gasteiger partial charge in [-0.2, -0.15) is 0 Å². The molecule has 0 aromatic heterocycles. The monoisotopic (exact) mass is 825 g/mol. The molecule has 0 radical (unpaired) electrons. The van der Waals surface area contributed by atoms with Crippen LogP contribution in [0.1, 0.15) is 114 Å². The summed E-state index contributed by atoms with van der Waals surface area (Å²) in [5.74, 6) is 0.953. The summed E-state index contributed by atoms with van der Waals surface area (Å²) < 4.78 is 17.9. The molecule has 10 heteroatoms. The van der Waals surface area contributed by atoms with Crippen molar-refractivity contribution in [3.63, 3.8) is 0 Å². The van der Waals surface area contributed by atoms with Gasteiger partial charge in [0.15, 0.2) is 18.2 Å². The quantitative estimate of drug-likeness (QED) is 0.151. The molecule has 56 heavy (non-hydrogen) atoms. The zero-order valence-corrected chi connectivity index (χ0v) is 35.9. The largest absolute Gasteiger partial charge is 0.387 e. The van der Waals surface area contributed by atoms with Crippen LogP contribution in [-0.4, -0.2) is 60.7 Å². The van der Waals surface area contributed by atoms with Crippen LogP contribution in [0.4, 0.5) is 0 Å². The van der Waals surface area contributed by atoms with Gasteiger partial charge >= 0.3 is 0 Å². The van der Waals surface area contributed by atoms with E-state index in [2.05, 4.69) is 44.7 Å². The van der Waals surface area contributed by atoms with Crippen molar-refractivity contribution in [2.24, 2.45) is 23.7 Å². The summed E-state index contributed by atoms with van der Waals surface area (Å²) in [5, 5.41) is 13.5. The fraction of sp³-hybridized carbons (Fsp3) is 0.565. The standard InChI is InChI=1S/C30H32Cl3NO.C16H26O5/c1-3-5-13-34(14-6-4-2)19-29(35)28-18-23(33)17-27-25(15-20-7-9-21(31)10-8-20)26-16-22(32)11-12-24(26)30(27)28;1-9-5-6-12-10(2)13(17-4)18-14-16(12)11(9)7-8-15(3,19-14)20-21-16/h7-12,15-18,29,35H,3-6,13-14,19H2,1-2H3;9-14H,5-8H2,1-4H3/b25-15-;/t;9-,10-,11+,12+,13+,14-,15+,16?/m.1/s1. The highest BCUT2D eigenvalue weighted by molar-refractivity contribution is 6.32. The van der Waals surface area contributed by atoms with Gasteiger partial charge in [-0.05, 0) is 145 Å². The molecule has 5 fully saturated rings. The van der Waals surface area contributed by atoms with Crippen molar-refractivity contribution < 1.29 is 29.1 Å². The van der Waals surface area contributed by atoms with Gasteiger partial charge in [-0.15, -0.1) is 0 Å². The number of hydrogen-bond donors (Lipinski definition) is 1. The number of nitrogens with zero attached hydrogens (tertiary/aromatic N) is 1. The predicted molar refractivity (Wildman–Crippen MR) is 225 cm³/mol. The number of fused-ring (bicyclic) bond motifs is 5. The molecule has 3 aromatic rings. The highest BCUT2D eigenvalue weighted by atomic mass is 35.5. The molecule has 1 spiro atoms. The lowest BCUT2D eigenvalue weighted by Crippen LogP contribution is -2.70. The van der Waals surface area contributed by atoms with E-state index in [0.717, 1.165) is 97.0 Å². The van der Waals surface area contributed by atoms with E-state index in [1.165, 1.54) is 6.42 Å². The molecule has 0 amide bonds. The smallest absolute Gasteiger partial charge is 0.201 e. The molecule has 1 saturated carbocycles. The van der Waals surface area contributed by atoms with Gasteiger partial charge in [-0.3, -0.25) is 0 Å².